The van der Waals surface area contributed by atoms with Crippen molar-refractivity contribution < 1.29 is 4.79 Å². The topological polar surface area (TPSA) is 41.4 Å². The number of aromatic nitrogens is 2. The standard InChI is InChI=1S/C18H20N4OS/c1-20(2)9-15-11-21(10-14-8-19-12-22(14)15)18(23)17-7-13-5-3-4-6-16(13)24-17/h3-8,12,15H,9-11H2,1-2H3/t15-/m0/s1. The number of carbonyl (C=O) groups excluding carboxylic acids is 1. The zero-order chi connectivity index (χ0) is 16.7. The van der Waals surface area contributed by atoms with E-state index in [1.54, 1.807) is 11.3 Å². The lowest BCUT2D eigenvalue weighted by molar-refractivity contribution is 0.0668. The maximum Gasteiger partial charge on any atom is 0.264 e. The van der Waals surface area contributed by atoms with Gasteiger partial charge in [-0.25, -0.2) is 4.98 Å². The van der Waals surface area contributed by atoms with E-state index < -0.39 is 0 Å². The van der Waals surface area contributed by atoms with Gasteiger partial charge < -0.3 is 14.4 Å². The van der Waals surface area contributed by atoms with Gasteiger partial charge in [0.15, 0.2) is 0 Å². The van der Waals surface area contributed by atoms with E-state index in [-0.39, 0.29) is 11.9 Å². The average Bonchev–Trinajstić information content (AvgIpc) is 3.19. The van der Waals surface area contributed by atoms with Gasteiger partial charge in [-0.05, 0) is 31.6 Å². The number of hydrogen-bond donors (Lipinski definition) is 0. The van der Waals surface area contributed by atoms with Crippen LogP contribution in [0.25, 0.3) is 10.1 Å². The average molecular weight is 340 g/mol. The first kappa shape index (κ1) is 15.4. The molecule has 0 aliphatic carbocycles. The third-order valence-electron chi connectivity index (χ3n) is 4.42. The van der Waals surface area contributed by atoms with E-state index in [0.29, 0.717) is 13.1 Å². The number of imidazole rings is 1. The lowest BCUT2D eigenvalue weighted by Crippen LogP contribution is -2.43. The lowest BCUT2D eigenvalue weighted by Gasteiger charge is -2.35. The van der Waals surface area contributed by atoms with E-state index in [4.69, 9.17) is 0 Å². The third-order valence-corrected chi connectivity index (χ3v) is 5.53. The molecular formula is C18H20N4OS. The molecule has 4 rings (SSSR count). The first-order chi connectivity index (χ1) is 11.6. The smallest absolute Gasteiger partial charge is 0.264 e. The predicted molar refractivity (Wildman–Crippen MR) is 96.4 cm³/mol. The summed E-state index contributed by atoms with van der Waals surface area (Å²) in [6.07, 6.45) is 3.75. The van der Waals surface area contributed by atoms with E-state index in [9.17, 15) is 4.79 Å². The fourth-order valence-electron chi connectivity index (χ4n) is 3.35. The molecule has 6 heteroatoms. The Kier molecular flexibility index (Phi) is 3.86. The first-order valence-electron chi connectivity index (χ1n) is 8.05. The summed E-state index contributed by atoms with van der Waals surface area (Å²) in [6.45, 7) is 2.23. The molecule has 1 atom stereocenters. The van der Waals surface area contributed by atoms with Crippen LogP contribution in [0.2, 0.25) is 0 Å². The monoisotopic (exact) mass is 340 g/mol. The van der Waals surface area contributed by atoms with Crippen LogP contribution in [-0.4, -0.2) is 52.4 Å². The minimum Gasteiger partial charge on any atom is -0.330 e. The summed E-state index contributed by atoms with van der Waals surface area (Å²) in [6, 6.07) is 10.4. The molecule has 3 aromatic rings. The molecule has 0 fully saturated rings. The molecule has 1 amide bonds. The fourth-order valence-corrected chi connectivity index (χ4v) is 4.38. The Morgan fingerprint density at radius 1 is 1.38 bits per heavy atom. The minimum atomic E-state index is 0.118. The maximum absolute atomic E-state index is 13.0. The number of thiophene rings is 1. The molecule has 24 heavy (non-hydrogen) atoms. The number of benzene rings is 1. The Hall–Kier alpha value is -2.18. The van der Waals surface area contributed by atoms with Crippen molar-refractivity contribution >= 4 is 27.3 Å². The molecule has 1 aliphatic heterocycles. The zero-order valence-corrected chi connectivity index (χ0v) is 14.7. The summed E-state index contributed by atoms with van der Waals surface area (Å²) in [7, 11) is 4.12. The Labute approximate surface area is 145 Å². The molecule has 0 radical (unpaired) electrons. The first-order valence-corrected chi connectivity index (χ1v) is 8.87. The Bertz CT molecular complexity index is 849. The molecule has 5 nitrogen and oxygen atoms in total. The van der Waals surface area contributed by atoms with Crippen LogP contribution >= 0.6 is 11.3 Å². The van der Waals surface area contributed by atoms with Crippen LogP contribution in [0.5, 0.6) is 0 Å². The molecule has 1 aliphatic rings. The fraction of sp³-hybridized carbons (Fsp3) is 0.333. The highest BCUT2D eigenvalue weighted by Crippen LogP contribution is 2.29. The Morgan fingerprint density at radius 3 is 3.00 bits per heavy atom. The van der Waals surface area contributed by atoms with E-state index in [2.05, 4.69) is 40.7 Å². The summed E-state index contributed by atoms with van der Waals surface area (Å²) in [5, 5.41) is 1.14. The number of amides is 1. The van der Waals surface area contributed by atoms with Crippen molar-refractivity contribution in [2.75, 3.05) is 27.2 Å². The van der Waals surface area contributed by atoms with E-state index in [0.717, 1.165) is 27.2 Å². The van der Waals surface area contributed by atoms with Gasteiger partial charge in [0, 0.05) is 24.0 Å². The Morgan fingerprint density at radius 2 is 2.21 bits per heavy atom. The SMILES string of the molecule is CN(C)C[C@H]1CN(C(=O)c2cc3ccccc3s2)Cc2cncn21. The molecule has 3 heterocycles. The lowest BCUT2D eigenvalue weighted by atomic mass is 10.1. The van der Waals surface area contributed by atoms with Crippen LogP contribution in [0.15, 0.2) is 42.9 Å². The van der Waals surface area contributed by atoms with Crippen molar-refractivity contribution in [2.45, 2.75) is 12.6 Å². The van der Waals surface area contributed by atoms with E-state index in [1.165, 1.54) is 0 Å². The molecular weight excluding hydrogens is 320 g/mol. The van der Waals surface area contributed by atoms with E-state index in [1.807, 2.05) is 35.6 Å². The molecule has 124 valence electrons. The highest BCUT2D eigenvalue weighted by Gasteiger charge is 2.29. The van der Waals surface area contributed by atoms with Crippen LogP contribution in [0.4, 0.5) is 0 Å². The van der Waals surface area contributed by atoms with Crippen molar-refractivity contribution in [2.24, 2.45) is 0 Å². The molecule has 2 aromatic heterocycles. The van der Waals surface area contributed by atoms with Crippen molar-refractivity contribution in [3.63, 3.8) is 0 Å². The number of fused-ring (bicyclic) bond motifs is 2. The van der Waals surface area contributed by atoms with Gasteiger partial charge in [0.2, 0.25) is 0 Å². The summed E-state index contributed by atoms with van der Waals surface area (Å²) in [4.78, 5) is 22.2. The summed E-state index contributed by atoms with van der Waals surface area (Å²) in [5.41, 5.74) is 1.10. The summed E-state index contributed by atoms with van der Waals surface area (Å²) >= 11 is 1.57. The van der Waals surface area contributed by atoms with Gasteiger partial charge in [0.1, 0.15) is 0 Å². The maximum atomic E-state index is 13.0. The van der Waals surface area contributed by atoms with Crippen LogP contribution in [0, 0.1) is 0 Å². The molecule has 1 aromatic carbocycles. The Balaban J connectivity index is 1.63. The molecule has 0 spiro atoms. The molecule has 0 unspecified atom stereocenters. The minimum absolute atomic E-state index is 0.118. The van der Waals surface area contributed by atoms with Crippen molar-refractivity contribution in [3.8, 4) is 0 Å². The van der Waals surface area contributed by atoms with Crippen molar-refractivity contribution in [3.05, 3.63) is 53.4 Å². The van der Waals surface area contributed by atoms with Crippen molar-refractivity contribution in [1.29, 1.82) is 0 Å². The van der Waals surface area contributed by atoms with E-state index >= 15 is 0 Å². The van der Waals surface area contributed by atoms with Gasteiger partial charge in [-0.1, -0.05) is 18.2 Å². The van der Waals surface area contributed by atoms with Gasteiger partial charge in [-0.15, -0.1) is 11.3 Å². The van der Waals surface area contributed by atoms with Crippen LogP contribution in [0.3, 0.4) is 0 Å². The summed E-state index contributed by atoms with van der Waals surface area (Å²) < 4.78 is 3.36. The van der Waals surface area contributed by atoms with Crippen LogP contribution in [0.1, 0.15) is 21.4 Å². The van der Waals surface area contributed by atoms with Gasteiger partial charge in [-0.2, -0.15) is 0 Å². The number of rotatable bonds is 3. The number of carbonyl (C=O) groups is 1. The molecule has 0 saturated carbocycles. The highest BCUT2D eigenvalue weighted by molar-refractivity contribution is 7.20. The third kappa shape index (κ3) is 2.72. The second-order valence-corrected chi connectivity index (χ2v) is 7.63. The number of nitrogens with zero attached hydrogens (tertiary/aromatic N) is 4. The van der Waals surface area contributed by atoms with Gasteiger partial charge >= 0.3 is 0 Å². The van der Waals surface area contributed by atoms with Crippen LogP contribution in [-0.2, 0) is 6.54 Å². The van der Waals surface area contributed by atoms with Crippen molar-refractivity contribution in [1.82, 2.24) is 19.4 Å². The normalized spacial score (nSPS) is 17.5. The van der Waals surface area contributed by atoms with Gasteiger partial charge in [0.25, 0.3) is 5.91 Å². The van der Waals surface area contributed by atoms with Gasteiger partial charge in [0.05, 0.1) is 29.5 Å². The van der Waals surface area contributed by atoms with Gasteiger partial charge in [-0.3, -0.25) is 4.79 Å². The van der Waals surface area contributed by atoms with Crippen LogP contribution < -0.4 is 0 Å². The highest BCUT2D eigenvalue weighted by atomic mass is 32.1. The second-order valence-electron chi connectivity index (χ2n) is 6.54. The quantitative estimate of drug-likeness (QED) is 0.736. The molecule has 0 N–H and O–H groups in total. The largest absolute Gasteiger partial charge is 0.330 e. The zero-order valence-electron chi connectivity index (χ0n) is 13.8. The predicted octanol–water partition coefficient (Wildman–Crippen LogP) is 2.86. The molecule has 0 bridgehead atoms. The number of hydrogen-bond acceptors (Lipinski definition) is 4. The number of likely N-dealkylation sites (N-methyl/N-ethyl adjacent to an activating group) is 1. The summed E-state index contributed by atoms with van der Waals surface area (Å²) in [5.74, 6) is 0.118. The second kappa shape index (κ2) is 6.03. The molecule has 0 saturated heterocycles.